The van der Waals surface area contributed by atoms with E-state index >= 15 is 0 Å². The Morgan fingerprint density at radius 3 is 2.42 bits per heavy atom. The van der Waals surface area contributed by atoms with Crippen molar-refractivity contribution in [2.75, 3.05) is 6.54 Å². The lowest BCUT2D eigenvalue weighted by molar-refractivity contribution is -0.149. The van der Waals surface area contributed by atoms with Gasteiger partial charge in [0.1, 0.15) is 4.88 Å². The predicted octanol–water partition coefficient (Wildman–Crippen LogP) is 2.33. The maximum Gasteiger partial charge on any atom is 0.311 e. The second kappa shape index (κ2) is 6.65. The summed E-state index contributed by atoms with van der Waals surface area (Å²) in [5.41, 5.74) is -0.881. The fraction of sp³-hybridized carbons (Fsp3) is 0.615. The van der Waals surface area contributed by atoms with Crippen LogP contribution < -0.4 is 5.32 Å². The fourth-order valence-electron chi connectivity index (χ4n) is 1.79. The molecule has 0 saturated carbocycles. The number of nitrogens with zero attached hydrogens (tertiary/aromatic N) is 1. The third kappa shape index (κ3) is 3.53. The molecule has 2 N–H and O–H groups in total. The van der Waals surface area contributed by atoms with E-state index in [9.17, 15) is 14.7 Å². The quantitative estimate of drug-likeness (QED) is 0.805. The number of nitrogens with one attached hydrogen (secondary N) is 1. The molecule has 0 aliphatic carbocycles. The predicted molar refractivity (Wildman–Crippen MR) is 74.5 cm³/mol. The van der Waals surface area contributed by atoms with Gasteiger partial charge in [0.15, 0.2) is 0 Å². The van der Waals surface area contributed by atoms with Crippen LogP contribution in [0.1, 0.15) is 48.3 Å². The topological polar surface area (TPSA) is 79.3 Å². The molecule has 5 nitrogen and oxygen atoms in total. The monoisotopic (exact) mass is 284 g/mol. The van der Waals surface area contributed by atoms with E-state index in [4.69, 9.17) is 0 Å². The Morgan fingerprint density at radius 2 is 2.00 bits per heavy atom. The molecule has 0 saturated heterocycles. The van der Waals surface area contributed by atoms with Crippen LogP contribution in [-0.2, 0) is 11.2 Å². The number of carbonyl (C=O) groups is 2. The second-order valence-corrected chi connectivity index (χ2v) is 5.56. The van der Waals surface area contributed by atoms with E-state index in [1.807, 2.05) is 20.8 Å². The zero-order valence-corrected chi connectivity index (χ0v) is 12.3. The first-order valence-electron chi connectivity index (χ1n) is 6.45. The number of carboxylic acids is 1. The largest absolute Gasteiger partial charge is 0.481 e. The summed E-state index contributed by atoms with van der Waals surface area (Å²) in [4.78, 5) is 27.9. The number of thiazole rings is 1. The summed E-state index contributed by atoms with van der Waals surface area (Å²) in [6.07, 6.45) is 3.31. The van der Waals surface area contributed by atoms with E-state index in [0.717, 1.165) is 11.4 Å². The molecular weight excluding hydrogens is 264 g/mol. The van der Waals surface area contributed by atoms with Crippen LogP contribution in [0.4, 0.5) is 0 Å². The third-order valence-electron chi connectivity index (χ3n) is 3.47. The van der Waals surface area contributed by atoms with Gasteiger partial charge in [0.25, 0.3) is 5.91 Å². The van der Waals surface area contributed by atoms with Gasteiger partial charge in [-0.2, -0.15) is 0 Å². The van der Waals surface area contributed by atoms with Crippen LogP contribution in [0.3, 0.4) is 0 Å². The van der Waals surface area contributed by atoms with E-state index in [1.165, 1.54) is 11.3 Å². The third-order valence-corrected chi connectivity index (χ3v) is 4.61. The number of hydrogen-bond acceptors (Lipinski definition) is 4. The summed E-state index contributed by atoms with van der Waals surface area (Å²) in [5, 5.41) is 12.9. The van der Waals surface area contributed by atoms with Crippen molar-refractivity contribution in [1.29, 1.82) is 0 Å². The molecule has 0 unspecified atom stereocenters. The molecule has 1 amide bonds. The fourth-order valence-corrected chi connectivity index (χ4v) is 2.57. The van der Waals surface area contributed by atoms with E-state index in [2.05, 4.69) is 10.3 Å². The summed E-state index contributed by atoms with van der Waals surface area (Å²) in [5.74, 6) is -1.11. The van der Waals surface area contributed by atoms with Crippen molar-refractivity contribution >= 4 is 23.2 Å². The number of rotatable bonds is 7. The number of aryl methyl sites for hydroxylation is 1. The zero-order valence-electron chi connectivity index (χ0n) is 11.5. The Bertz CT molecular complexity index is 452. The van der Waals surface area contributed by atoms with Crippen LogP contribution in [0.25, 0.3) is 0 Å². The number of aromatic nitrogens is 1. The summed E-state index contributed by atoms with van der Waals surface area (Å²) < 4.78 is 0. The minimum absolute atomic E-state index is 0.146. The summed E-state index contributed by atoms with van der Waals surface area (Å²) in [6, 6.07) is 0. The van der Waals surface area contributed by atoms with Gasteiger partial charge in [-0.1, -0.05) is 20.8 Å². The lowest BCUT2D eigenvalue weighted by atomic mass is 9.82. The smallest absolute Gasteiger partial charge is 0.311 e. The maximum atomic E-state index is 11.9. The molecule has 19 heavy (non-hydrogen) atoms. The Hall–Kier alpha value is -1.43. The van der Waals surface area contributed by atoms with Gasteiger partial charge >= 0.3 is 5.97 Å². The number of hydrogen-bond donors (Lipinski definition) is 2. The van der Waals surface area contributed by atoms with Crippen LogP contribution in [0, 0.1) is 5.41 Å². The molecular formula is C13H20N2O3S. The van der Waals surface area contributed by atoms with Crippen LogP contribution in [-0.4, -0.2) is 28.5 Å². The molecule has 0 bridgehead atoms. The average molecular weight is 284 g/mol. The minimum Gasteiger partial charge on any atom is -0.481 e. The first kappa shape index (κ1) is 15.6. The van der Waals surface area contributed by atoms with Crippen LogP contribution in [0.5, 0.6) is 0 Å². The number of carbonyl (C=O) groups excluding carboxylic acids is 1. The Labute approximate surface area is 117 Å². The number of aliphatic carboxylic acids is 1. The van der Waals surface area contributed by atoms with Crippen molar-refractivity contribution in [2.45, 2.75) is 40.0 Å². The highest BCUT2D eigenvalue weighted by Gasteiger charge is 2.35. The molecule has 106 valence electrons. The van der Waals surface area contributed by atoms with Gasteiger partial charge in [0, 0.05) is 6.54 Å². The maximum absolute atomic E-state index is 11.9. The van der Waals surface area contributed by atoms with Crippen LogP contribution in [0.2, 0.25) is 0 Å². The molecule has 1 aromatic heterocycles. The number of carboxylic acid groups (broad SMARTS) is 1. The Morgan fingerprint density at radius 1 is 1.37 bits per heavy atom. The van der Waals surface area contributed by atoms with Crippen molar-refractivity contribution in [3.8, 4) is 0 Å². The molecule has 0 fully saturated rings. The van der Waals surface area contributed by atoms with E-state index in [-0.39, 0.29) is 12.5 Å². The standard InChI is InChI=1S/C13H20N2O3S/c1-4-10-14-7-9(19-10)11(16)15-8-13(5-2,6-3)12(17)18/h7H,4-6,8H2,1-3H3,(H,15,16)(H,17,18). The van der Waals surface area contributed by atoms with Gasteiger partial charge < -0.3 is 10.4 Å². The van der Waals surface area contributed by atoms with Crippen LogP contribution in [0.15, 0.2) is 6.20 Å². The molecule has 0 aliphatic heterocycles. The van der Waals surface area contributed by atoms with E-state index in [1.54, 1.807) is 6.20 Å². The zero-order chi connectivity index (χ0) is 14.5. The van der Waals surface area contributed by atoms with Crippen molar-refractivity contribution in [2.24, 2.45) is 5.41 Å². The molecule has 0 spiro atoms. The summed E-state index contributed by atoms with van der Waals surface area (Å²) in [6.45, 7) is 5.77. The van der Waals surface area contributed by atoms with Gasteiger partial charge in [0.05, 0.1) is 16.6 Å². The first-order valence-corrected chi connectivity index (χ1v) is 7.27. The summed E-state index contributed by atoms with van der Waals surface area (Å²) >= 11 is 1.34. The molecule has 1 rings (SSSR count). The van der Waals surface area contributed by atoms with Crippen molar-refractivity contribution in [3.05, 3.63) is 16.1 Å². The highest BCUT2D eigenvalue weighted by atomic mass is 32.1. The SMILES string of the molecule is CCc1ncc(C(=O)NCC(CC)(CC)C(=O)O)s1. The number of amides is 1. The average Bonchev–Trinajstić information content (AvgIpc) is 2.88. The molecule has 1 aromatic rings. The molecule has 0 aromatic carbocycles. The first-order chi connectivity index (χ1) is 8.99. The molecule has 0 radical (unpaired) electrons. The normalized spacial score (nSPS) is 11.3. The highest BCUT2D eigenvalue weighted by Crippen LogP contribution is 2.26. The molecule has 0 aliphatic rings. The van der Waals surface area contributed by atoms with Crippen molar-refractivity contribution in [3.63, 3.8) is 0 Å². The lowest BCUT2D eigenvalue weighted by Crippen LogP contribution is -2.42. The molecule has 0 atom stereocenters. The van der Waals surface area contributed by atoms with Crippen molar-refractivity contribution in [1.82, 2.24) is 10.3 Å². The van der Waals surface area contributed by atoms with Gasteiger partial charge in [0.2, 0.25) is 0 Å². The minimum atomic E-state index is -0.881. The van der Waals surface area contributed by atoms with Gasteiger partial charge in [-0.15, -0.1) is 11.3 Å². The lowest BCUT2D eigenvalue weighted by Gasteiger charge is -2.26. The van der Waals surface area contributed by atoms with E-state index in [0.29, 0.717) is 17.7 Å². The molecule has 6 heteroatoms. The van der Waals surface area contributed by atoms with E-state index < -0.39 is 11.4 Å². The Kier molecular flexibility index (Phi) is 5.47. The second-order valence-electron chi connectivity index (χ2n) is 4.45. The van der Waals surface area contributed by atoms with Gasteiger partial charge in [-0.3, -0.25) is 9.59 Å². The van der Waals surface area contributed by atoms with Crippen LogP contribution >= 0.6 is 11.3 Å². The molecule has 1 heterocycles. The highest BCUT2D eigenvalue weighted by molar-refractivity contribution is 7.13. The van der Waals surface area contributed by atoms with Gasteiger partial charge in [-0.25, -0.2) is 4.98 Å². The summed E-state index contributed by atoms with van der Waals surface area (Å²) in [7, 11) is 0. The van der Waals surface area contributed by atoms with Gasteiger partial charge in [-0.05, 0) is 19.3 Å². The van der Waals surface area contributed by atoms with Crippen molar-refractivity contribution < 1.29 is 14.7 Å². The Balaban J connectivity index is 2.69.